The van der Waals surface area contributed by atoms with Gasteiger partial charge in [-0.3, -0.25) is 9.78 Å². The van der Waals surface area contributed by atoms with Crippen molar-refractivity contribution in [2.24, 2.45) is 5.92 Å². The monoisotopic (exact) mass is 357 g/mol. The first-order chi connectivity index (χ1) is 12.2. The number of morpholine rings is 1. The number of aromatic nitrogens is 1. The van der Waals surface area contributed by atoms with Crippen molar-refractivity contribution in [1.82, 2.24) is 4.98 Å². The van der Waals surface area contributed by atoms with Gasteiger partial charge in [0.05, 0.1) is 29.6 Å². The van der Waals surface area contributed by atoms with E-state index in [1.165, 1.54) is 0 Å². The number of nitrogens with one attached hydrogen (secondary N) is 1. The Balaban J connectivity index is 1.49. The number of halogens is 1. The van der Waals surface area contributed by atoms with Crippen LogP contribution in [0.4, 0.5) is 11.4 Å². The fourth-order valence-electron chi connectivity index (χ4n) is 3.40. The normalized spacial score (nSPS) is 22.5. The second kappa shape index (κ2) is 7.02. The van der Waals surface area contributed by atoms with Gasteiger partial charge in [-0.2, -0.15) is 0 Å². The molecule has 1 saturated carbocycles. The lowest BCUT2D eigenvalue weighted by Gasteiger charge is -2.31. The zero-order valence-corrected chi connectivity index (χ0v) is 14.6. The van der Waals surface area contributed by atoms with Crippen LogP contribution in [0.15, 0.2) is 42.7 Å². The van der Waals surface area contributed by atoms with Crippen molar-refractivity contribution in [3.05, 3.63) is 53.3 Å². The van der Waals surface area contributed by atoms with Crippen molar-refractivity contribution in [3.63, 3.8) is 0 Å². The van der Waals surface area contributed by atoms with Gasteiger partial charge < -0.3 is 15.0 Å². The zero-order valence-electron chi connectivity index (χ0n) is 13.8. The molecule has 1 aliphatic heterocycles. The van der Waals surface area contributed by atoms with Crippen LogP contribution in [0.3, 0.4) is 0 Å². The number of hydrogen-bond acceptors (Lipinski definition) is 4. The Labute approximate surface area is 152 Å². The van der Waals surface area contributed by atoms with Crippen molar-refractivity contribution in [2.75, 3.05) is 36.5 Å². The maximum Gasteiger partial charge on any atom is 0.228 e. The summed E-state index contributed by atoms with van der Waals surface area (Å²) in [5.41, 5.74) is 2.79. The van der Waals surface area contributed by atoms with Crippen molar-refractivity contribution in [3.8, 4) is 0 Å². The molecule has 130 valence electrons. The lowest BCUT2D eigenvalue weighted by molar-refractivity contribution is -0.117. The van der Waals surface area contributed by atoms with Crippen LogP contribution in [0.1, 0.15) is 17.9 Å². The minimum atomic E-state index is 0.000667. The Morgan fingerprint density at radius 1 is 1.24 bits per heavy atom. The number of carbonyl (C=O) groups is 1. The third-order valence-corrected chi connectivity index (χ3v) is 5.12. The van der Waals surface area contributed by atoms with Crippen LogP contribution in [-0.2, 0) is 9.53 Å². The molecule has 2 atom stereocenters. The van der Waals surface area contributed by atoms with Gasteiger partial charge in [0, 0.05) is 31.4 Å². The molecule has 0 bridgehead atoms. The molecular formula is C19H20ClN3O2. The van der Waals surface area contributed by atoms with Crippen LogP contribution >= 0.6 is 11.6 Å². The molecule has 1 N–H and O–H groups in total. The maximum atomic E-state index is 12.7. The van der Waals surface area contributed by atoms with Gasteiger partial charge in [-0.1, -0.05) is 23.7 Å². The first-order valence-electron chi connectivity index (χ1n) is 8.56. The Hall–Kier alpha value is -2.11. The van der Waals surface area contributed by atoms with E-state index in [4.69, 9.17) is 16.3 Å². The average Bonchev–Trinajstić information content (AvgIpc) is 3.44. The number of nitrogens with zero attached hydrogens (tertiary/aromatic N) is 2. The molecule has 0 radical (unpaired) electrons. The van der Waals surface area contributed by atoms with E-state index >= 15 is 0 Å². The smallest absolute Gasteiger partial charge is 0.228 e. The number of hydrogen-bond donors (Lipinski definition) is 1. The predicted octanol–water partition coefficient (Wildman–Crippen LogP) is 3.31. The molecule has 2 aromatic rings. The highest BCUT2D eigenvalue weighted by molar-refractivity contribution is 6.34. The topological polar surface area (TPSA) is 54.5 Å². The number of amides is 1. The van der Waals surface area contributed by atoms with Gasteiger partial charge in [-0.15, -0.1) is 0 Å². The van der Waals surface area contributed by atoms with E-state index < -0.39 is 0 Å². The summed E-state index contributed by atoms with van der Waals surface area (Å²) in [6.07, 6.45) is 4.46. The summed E-state index contributed by atoms with van der Waals surface area (Å²) in [4.78, 5) is 19.0. The summed E-state index contributed by atoms with van der Waals surface area (Å²) >= 11 is 6.42. The largest absolute Gasteiger partial charge is 0.378 e. The molecule has 2 aliphatic rings. The van der Waals surface area contributed by atoms with Gasteiger partial charge in [0.1, 0.15) is 0 Å². The van der Waals surface area contributed by atoms with Crippen LogP contribution in [0.25, 0.3) is 0 Å². The molecule has 5 nitrogen and oxygen atoms in total. The van der Waals surface area contributed by atoms with Gasteiger partial charge in [0.25, 0.3) is 0 Å². The second-order valence-electron chi connectivity index (χ2n) is 6.46. The van der Waals surface area contributed by atoms with Crippen molar-refractivity contribution >= 4 is 28.9 Å². The minimum Gasteiger partial charge on any atom is -0.378 e. The summed E-state index contributed by atoms with van der Waals surface area (Å²) in [7, 11) is 0. The van der Waals surface area contributed by atoms with E-state index in [9.17, 15) is 4.79 Å². The molecule has 2 fully saturated rings. The highest BCUT2D eigenvalue weighted by atomic mass is 35.5. The fourth-order valence-corrected chi connectivity index (χ4v) is 3.69. The van der Waals surface area contributed by atoms with Crippen LogP contribution in [0, 0.1) is 5.92 Å². The van der Waals surface area contributed by atoms with Gasteiger partial charge in [0.15, 0.2) is 0 Å². The number of ether oxygens (including phenoxy) is 1. The minimum absolute atomic E-state index is 0.000667. The molecule has 0 spiro atoms. The number of rotatable bonds is 4. The SMILES string of the molecule is O=C(Nc1cccc(Cl)c1N1CCOCC1)[C@@H]1C[C@H]1c1cccnc1. The van der Waals surface area contributed by atoms with E-state index in [1.807, 2.05) is 36.5 Å². The van der Waals surface area contributed by atoms with E-state index in [0.29, 0.717) is 18.2 Å². The highest BCUT2D eigenvalue weighted by Crippen LogP contribution is 2.48. The summed E-state index contributed by atoms with van der Waals surface area (Å²) in [6, 6.07) is 9.58. The molecule has 1 saturated heterocycles. The first kappa shape index (κ1) is 16.4. The standard InChI is InChI=1S/C19H20ClN3O2/c20-16-4-1-5-17(18(16)23-7-9-25-10-8-23)22-19(24)15-11-14(15)13-3-2-6-21-12-13/h1-6,12,14-15H,7-11H2,(H,22,24)/t14-,15+/m0/s1. The van der Waals surface area contributed by atoms with E-state index in [0.717, 1.165) is 36.4 Å². The molecular weight excluding hydrogens is 338 g/mol. The molecule has 2 heterocycles. The molecule has 6 heteroatoms. The Morgan fingerprint density at radius 3 is 2.84 bits per heavy atom. The summed E-state index contributed by atoms with van der Waals surface area (Å²) in [6.45, 7) is 2.89. The van der Waals surface area contributed by atoms with Crippen molar-refractivity contribution in [1.29, 1.82) is 0 Å². The number of benzene rings is 1. The van der Waals surface area contributed by atoms with Gasteiger partial charge in [-0.05, 0) is 36.1 Å². The van der Waals surface area contributed by atoms with Crippen LogP contribution < -0.4 is 10.2 Å². The van der Waals surface area contributed by atoms with E-state index in [2.05, 4.69) is 15.2 Å². The van der Waals surface area contributed by atoms with Crippen LogP contribution in [0.5, 0.6) is 0 Å². The van der Waals surface area contributed by atoms with Crippen LogP contribution in [-0.4, -0.2) is 37.2 Å². The fraction of sp³-hybridized carbons (Fsp3) is 0.368. The molecule has 0 unspecified atom stereocenters. The molecule has 25 heavy (non-hydrogen) atoms. The van der Waals surface area contributed by atoms with E-state index in [1.54, 1.807) is 6.20 Å². The third-order valence-electron chi connectivity index (χ3n) is 4.81. The van der Waals surface area contributed by atoms with Crippen molar-refractivity contribution in [2.45, 2.75) is 12.3 Å². The van der Waals surface area contributed by atoms with Gasteiger partial charge in [-0.25, -0.2) is 0 Å². The van der Waals surface area contributed by atoms with Crippen molar-refractivity contribution < 1.29 is 9.53 Å². The average molecular weight is 358 g/mol. The van der Waals surface area contributed by atoms with E-state index in [-0.39, 0.29) is 17.7 Å². The van der Waals surface area contributed by atoms with Crippen LogP contribution in [0.2, 0.25) is 5.02 Å². The zero-order chi connectivity index (χ0) is 17.2. The predicted molar refractivity (Wildman–Crippen MR) is 98.2 cm³/mol. The first-order valence-corrected chi connectivity index (χ1v) is 8.94. The Morgan fingerprint density at radius 2 is 2.08 bits per heavy atom. The quantitative estimate of drug-likeness (QED) is 0.912. The number of para-hydroxylation sites is 1. The summed E-state index contributed by atoms with van der Waals surface area (Å²) < 4.78 is 5.42. The molecule has 1 aliphatic carbocycles. The molecule has 1 amide bonds. The molecule has 1 aromatic carbocycles. The number of pyridine rings is 1. The second-order valence-corrected chi connectivity index (χ2v) is 6.87. The lowest BCUT2D eigenvalue weighted by atomic mass is 10.1. The maximum absolute atomic E-state index is 12.7. The Bertz CT molecular complexity index is 763. The highest BCUT2D eigenvalue weighted by Gasteiger charge is 2.44. The number of anilines is 2. The third kappa shape index (κ3) is 3.48. The van der Waals surface area contributed by atoms with Gasteiger partial charge >= 0.3 is 0 Å². The molecule has 1 aromatic heterocycles. The Kier molecular flexibility index (Phi) is 4.59. The van der Waals surface area contributed by atoms with Gasteiger partial charge in [0.2, 0.25) is 5.91 Å². The summed E-state index contributed by atoms with van der Waals surface area (Å²) in [5.74, 6) is 0.311. The number of carbonyl (C=O) groups excluding carboxylic acids is 1. The lowest BCUT2D eigenvalue weighted by Crippen LogP contribution is -2.37. The summed E-state index contributed by atoms with van der Waals surface area (Å²) in [5, 5.41) is 3.74. The molecule has 4 rings (SSSR count).